The molecule has 20 heavy (non-hydrogen) atoms. The molecule has 0 fully saturated rings. The van der Waals surface area contributed by atoms with E-state index in [1.54, 1.807) is 6.33 Å². The molecule has 0 aliphatic rings. The summed E-state index contributed by atoms with van der Waals surface area (Å²) in [5, 5.41) is 3.30. The molecule has 1 aromatic carbocycles. The van der Waals surface area contributed by atoms with Gasteiger partial charge in [0.15, 0.2) is 0 Å². The fourth-order valence-corrected chi connectivity index (χ4v) is 2.16. The number of hydrogen-bond donors (Lipinski definition) is 1. The normalized spacial score (nSPS) is 10.9. The summed E-state index contributed by atoms with van der Waals surface area (Å²) >= 11 is 0. The van der Waals surface area contributed by atoms with E-state index in [9.17, 15) is 0 Å². The van der Waals surface area contributed by atoms with Gasteiger partial charge in [0.25, 0.3) is 0 Å². The molecule has 3 rings (SSSR count). The summed E-state index contributed by atoms with van der Waals surface area (Å²) in [6.45, 7) is 4.94. The Kier molecular flexibility index (Phi) is 3.33. The number of aromatic nitrogens is 4. The molecule has 1 N–H and O–H groups in total. The van der Waals surface area contributed by atoms with Crippen LogP contribution in [0.1, 0.15) is 19.2 Å². The van der Waals surface area contributed by atoms with Gasteiger partial charge >= 0.3 is 0 Å². The van der Waals surface area contributed by atoms with Gasteiger partial charge in [-0.3, -0.25) is 4.57 Å². The van der Waals surface area contributed by atoms with Gasteiger partial charge in [-0.05, 0) is 25.5 Å². The minimum atomic E-state index is 0.749. The summed E-state index contributed by atoms with van der Waals surface area (Å²) in [5.74, 6) is 2.44. The maximum Gasteiger partial charge on any atom is 0.144 e. The Bertz CT molecular complexity index is 732. The van der Waals surface area contributed by atoms with E-state index in [4.69, 9.17) is 0 Å². The van der Waals surface area contributed by atoms with Crippen LogP contribution in [-0.2, 0) is 0 Å². The molecule has 3 aromatic rings. The van der Waals surface area contributed by atoms with E-state index in [1.807, 2.05) is 41.8 Å². The molecule has 0 aliphatic heterocycles. The lowest BCUT2D eigenvalue weighted by Crippen LogP contribution is -2.06. The Morgan fingerprint density at radius 2 is 2.05 bits per heavy atom. The Morgan fingerprint density at radius 3 is 2.90 bits per heavy atom. The van der Waals surface area contributed by atoms with Gasteiger partial charge in [0.1, 0.15) is 23.8 Å². The number of aryl methyl sites for hydroxylation is 1. The number of fused-ring (bicyclic) bond motifs is 1. The van der Waals surface area contributed by atoms with E-state index in [-0.39, 0.29) is 0 Å². The van der Waals surface area contributed by atoms with Gasteiger partial charge < -0.3 is 5.32 Å². The van der Waals surface area contributed by atoms with Gasteiger partial charge in [-0.2, -0.15) is 0 Å². The van der Waals surface area contributed by atoms with Crippen molar-refractivity contribution in [3.8, 4) is 5.82 Å². The van der Waals surface area contributed by atoms with Crippen molar-refractivity contribution in [3.05, 3.63) is 42.5 Å². The van der Waals surface area contributed by atoms with Crippen molar-refractivity contribution in [2.75, 3.05) is 11.9 Å². The summed E-state index contributed by atoms with van der Waals surface area (Å²) in [7, 11) is 0. The molecule has 0 amide bonds. The van der Waals surface area contributed by atoms with Crippen LogP contribution in [0, 0.1) is 6.92 Å². The number of rotatable bonds is 4. The van der Waals surface area contributed by atoms with Crippen LogP contribution in [0.2, 0.25) is 0 Å². The monoisotopic (exact) mass is 267 g/mol. The first-order chi connectivity index (χ1) is 9.78. The first-order valence-electron chi connectivity index (χ1n) is 6.80. The van der Waals surface area contributed by atoms with Crippen LogP contribution < -0.4 is 5.32 Å². The van der Waals surface area contributed by atoms with Gasteiger partial charge in [-0.1, -0.05) is 19.1 Å². The van der Waals surface area contributed by atoms with Crippen LogP contribution in [0.25, 0.3) is 16.9 Å². The lowest BCUT2D eigenvalue weighted by molar-refractivity contribution is 0.928. The van der Waals surface area contributed by atoms with E-state index >= 15 is 0 Å². The quantitative estimate of drug-likeness (QED) is 0.789. The van der Waals surface area contributed by atoms with Crippen LogP contribution in [0.4, 0.5) is 5.82 Å². The molecule has 0 bridgehead atoms. The Balaban J connectivity index is 2.07. The van der Waals surface area contributed by atoms with Crippen LogP contribution >= 0.6 is 0 Å². The minimum absolute atomic E-state index is 0.749. The van der Waals surface area contributed by atoms with Gasteiger partial charge in [0, 0.05) is 12.6 Å². The van der Waals surface area contributed by atoms with Crippen LogP contribution in [0.3, 0.4) is 0 Å². The molecule has 0 saturated heterocycles. The molecule has 0 spiro atoms. The van der Waals surface area contributed by atoms with Gasteiger partial charge in [-0.15, -0.1) is 0 Å². The molecule has 0 saturated carbocycles. The number of anilines is 1. The zero-order chi connectivity index (χ0) is 13.9. The molecule has 0 aliphatic carbocycles. The number of nitrogens with zero attached hydrogens (tertiary/aromatic N) is 4. The van der Waals surface area contributed by atoms with Crippen LogP contribution in [-0.4, -0.2) is 26.1 Å². The van der Waals surface area contributed by atoms with E-state index in [0.29, 0.717) is 0 Å². The highest BCUT2D eigenvalue weighted by Gasteiger charge is 2.07. The highest BCUT2D eigenvalue weighted by atomic mass is 15.1. The number of hydrogen-bond acceptors (Lipinski definition) is 4. The third-order valence-corrected chi connectivity index (χ3v) is 3.08. The second-order valence-electron chi connectivity index (χ2n) is 4.69. The van der Waals surface area contributed by atoms with Crippen molar-refractivity contribution >= 4 is 16.9 Å². The largest absolute Gasteiger partial charge is 0.370 e. The highest BCUT2D eigenvalue weighted by molar-refractivity contribution is 5.76. The highest BCUT2D eigenvalue weighted by Crippen LogP contribution is 2.18. The fourth-order valence-electron chi connectivity index (χ4n) is 2.16. The molecule has 2 aromatic heterocycles. The molecule has 5 nitrogen and oxygen atoms in total. The van der Waals surface area contributed by atoms with Crippen molar-refractivity contribution in [1.29, 1.82) is 0 Å². The summed E-state index contributed by atoms with van der Waals surface area (Å²) in [4.78, 5) is 13.3. The van der Waals surface area contributed by atoms with Crippen LogP contribution in [0.5, 0.6) is 0 Å². The molecule has 5 heteroatoms. The fraction of sp³-hybridized carbons (Fsp3) is 0.267. The Labute approximate surface area is 117 Å². The van der Waals surface area contributed by atoms with E-state index < -0.39 is 0 Å². The second kappa shape index (κ2) is 5.28. The molecular formula is C15H17N5. The smallest absolute Gasteiger partial charge is 0.144 e. The molecule has 102 valence electrons. The van der Waals surface area contributed by atoms with E-state index in [0.717, 1.165) is 41.5 Å². The zero-order valence-electron chi connectivity index (χ0n) is 11.7. The number of benzene rings is 1. The Hall–Kier alpha value is -2.43. The first-order valence-corrected chi connectivity index (χ1v) is 6.80. The van der Waals surface area contributed by atoms with Crippen molar-refractivity contribution in [2.24, 2.45) is 0 Å². The first kappa shape index (κ1) is 12.6. The maximum atomic E-state index is 4.51. The molecule has 0 radical (unpaired) electrons. The third kappa shape index (κ3) is 2.34. The summed E-state index contributed by atoms with van der Waals surface area (Å²) in [6, 6.07) is 9.98. The minimum Gasteiger partial charge on any atom is -0.370 e. The summed E-state index contributed by atoms with van der Waals surface area (Å²) in [5.41, 5.74) is 2.01. The van der Waals surface area contributed by atoms with Crippen molar-refractivity contribution in [1.82, 2.24) is 19.5 Å². The lowest BCUT2D eigenvalue weighted by Gasteiger charge is -2.08. The maximum absolute atomic E-state index is 4.51. The van der Waals surface area contributed by atoms with Crippen molar-refractivity contribution in [3.63, 3.8) is 0 Å². The lowest BCUT2D eigenvalue weighted by atomic mass is 10.3. The van der Waals surface area contributed by atoms with Gasteiger partial charge in [-0.25, -0.2) is 15.0 Å². The molecule has 0 atom stereocenters. The second-order valence-corrected chi connectivity index (χ2v) is 4.69. The summed E-state index contributed by atoms with van der Waals surface area (Å²) in [6.07, 6.45) is 2.86. The predicted molar refractivity (Wildman–Crippen MR) is 80.2 cm³/mol. The molecular weight excluding hydrogens is 250 g/mol. The topological polar surface area (TPSA) is 55.6 Å². The number of nitrogens with one attached hydrogen (secondary N) is 1. The average molecular weight is 267 g/mol. The van der Waals surface area contributed by atoms with E-state index in [2.05, 4.69) is 27.2 Å². The standard InChI is InChI=1S/C15H17N5/c1-3-8-16-14-9-15(19-11(2)18-14)20-10-17-12-6-4-5-7-13(12)20/h4-7,9-10H,3,8H2,1-2H3,(H,16,18,19). The van der Waals surface area contributed by atoms with E-state index in [1.165, 1.54) is 0 Å². The SMILES string of the molecule is CCCNc1cc(-n2cnc3ccccc32)nc(C)n1. The molecule has 2 heterocycles. The Morgan fingerprint density at radius 1 is 1.20 bits per heavy atom. The van der Waals surface area contributed by atoms with Crippen molar-refractivity contribution < 1.29 is 0 Å². The van der Waals surface area contributed by atoms with Gasteiger partial charge in [0.05, 0.1) is 11.0 Å². The van der Waals surface area contributed by atoms with Gasteiger partial charge in [0.2, 0.25) is 0 Å². The van der Waals surface area contributed by atoms with Crippen molar-refractivity contribution in [2.45, 2.75) is 20.3 Å². The molecule has 0 unspecified atom stereocenters. The number of imidazole rings is 1. The summed E-state index contributed by atoms with van der Waals surface area (Å²) < 4.78 is 1.99. The number of para-hydroxylation sites is 2. The zero-order valence-corrected chi connectivity index (χ0v) is 11.7. The van der Waals surface area contributed by atoms with Crippen LogP contribution in [0.15, 0.2) is 36.7 Å². The predicted octanol–water partition coefficient (Wildman–Crippen LogP) is 2.95. The third-order valence-electron chi connectivity index (χ3n) is 3.08. The average Bonchev–Trinajstić information content (AvgIpc) is 2.88.